The van der Waals surface area contributed by atoms with Gasteiger partial charge in [-0.3, -0.25) is 0 Å². The Morgan fingerprint density at radius 3 is 2.40 bits per heavy atom. The summed E-state index contributed by atoms with van der Waals surface area (Å²) in [5, 5.41) is 0. The summed E-state index contributed by atoms with van der Waals surface area (Å²) in [6, 6.07) is 11.4. The molecule has 0 aliphatic carbocycles. The first-order valence-electron chi connectivity index (χ1n) is 5.41. The van der Waals surface area contributed by atoms with Crippen molar-refractivity contribution < 1.29 is 4.74 Å². The first-order chi connectivity index (χ1) is 7.08. The number of benzene rings is 1. The summed E-state index contributed by atoms with van der Waals surface area (Å²) >= 11 is 0. The van der Waals surface area contributed by atoms with Crippen LogP contribution in [0.25, 0.3) is 6.08 Å². The van der Waals surface area contributed by atoms with Gasteiger partial charge in [0.25, 0.3) is 0 Å². The summed E-state index contributed by atoms with van der Waals surface area (Å²) in [6.45, 7) is 7.92. The van der Waals surface area contributed by atoms with Crippen LogP contribution in [0.15, 0.2) is 36.6 Å². The van der Waals surface area contributed by atoms with E-state index in [2.05, 4.69) is 31.8 Å². The fourth-order valence-electron chi connectivity index (χ4n) is 1.12. The van der Waals surface area contributed by atoms with E-state index in [0.29, 0.717) is 0 Å². The first-order valence-corrected chi connectivity index (χ1v) is 9.12. The first kappa shape index (κ1) is 12.0. The van der Waals surface area contributed by atoms with Crippen LogP contribution in [0.2, 0.25) is 25.7 Å². The van der Waals surface area contributed by atoms with E-state index in [1.54, 1.807) is 6.26 Å². The van der Waals surface area contributed by atoms with Crippen molar-refractivity contribution in [2.24, 2.45) is 0 Å². The van der Waals surface area contributed by atoms with E-state index in [1.165, 1.54) is 11.6 Å². The highest BCUT2D eigenvalue weighted by atomic mass is 28.3. The van der Waals surface area contributed by atoms with Gasteiger partial charge in [0.2, 0.25) is 0 Å². The number of hydrogen-bond donors (Lipinski definition) is 0. The number of hydrogen-bond acceptors (Lipinski definition) is 1. The molecule has 0 bridgehead atoms. The quantitative estimate of drug-likeness (QED) is 0.414. The van der Waals surface area contributed by atoms with Gasteiger partial charge in [-0.2, -0.15) is 0 Å². The Hall–Kier alpha value is -1.02. The van der Waals surface area contributed by atoms with Crippen molar-refractivity contribution in [1.29, 1.82) is 0 Å². The Labute approximate surface area is 93.8 Å². The van der Waals surface area contributed by atoms with Gasteiger partial charge in [0.05, 0.1) is 12.9 Å². The molecular weight excluding hydrogens is 200 g/mol. The largest absolute Gasteiger partial charge is 0.501 e. The average Bonchev–Trinajstić information content (AvgIpc) is 2.17. The van der Waals surface area contributed by atoms with Crippen LogP contribution in [-0.4, -0.2) is 14.7 Å². The summed E-state index contributed by atoms with van der Waals surface area (Å²) in [6.07, 6.45) is 3.81. The molecule has 0 heterocycles. The standard InChI is InChI=1S/C13H20OSi/c1-15(2,3)12-11-14-10-9-13-7-5-4-6-8-13/h4-10H,11-12H2,1-3H3. The van der Waals surface area contributed by atoms with E-state index in [0.717, 1.165) is 6.61 Å². The minimum atomic E-state index is -0.945. The van der Waals surface area contributed by atoms with Crippen molar-refractivity contribution in [3.63, 3.8) is 0 Å². The summed E-state index contributed by atoms with van der Waals surface area (Å²) in [7, 11) is -0.945. The maximum atomic E-state index is 5.47. The molecule has 0 saturated heterocycles. The van der Waals surface area contributed by atoms with Crippen LogP contribution in [-0.2, 0) is 4.74 Å². The zero-order valence-electron chi connectivity index (χ0n) is 9.86. The minimum absolute atomic E-state index is 0.846. The van der Waals surface area contributed by atoms with Gasteiger partial charge in [-0.1, -0.05) is 50.0 Å². The van der Waals surface area contributed by atoms with E-state index in [9.17, 15) is 0 Å². The summed E-state index contributed by atoms with van der Waals surface area (Å²) in [5.41, 5.74) is 1.19. The van der Waals surface area contributed by atoms with Gasteiger partial charge in [-0.05, 0) is 17.7 Å². The van der Waals surface area contributed by atoms with Gasteiger partial charge < -0.3 is 4.74 Å². The fourth-order valence-corrected chi connectivity index (χ4v) is 1.85. The van der Waals surface area contributed by atoms with Gasteiger partial charge in [0.1, 0.15) is 0 Å². The van der Waals surface area contributed by atoms with Crippen molar-refractivity contribution in [1.82, 2.24) is 0 Å². The van der Waals surface area contributed by atoms with Gasteiger partial charge in [0.15, 0.2) is 0 Å². The molecule has 0 fully saturated rings. The lowest BCUT2D eigenvalue weighted by atomic mass is 10.2. The average molecular weight is 220 g/mol. The molecule has 0 amide bonds. The normalized spacial score (nSPS) is 11.9. The van der Waals surface area contributed by atoms with Crippen LogP contribution < -0.4 is 0 Å². The third-order valence-corrected chi connectivity index (χ3v) is 3.83. The molecule has 2 heteroatoms. The maximum absolute atomic E-state index is 5.47. The highest BCUT2D eigenvalue weighted by Gasteiger charge is 2.11. The second-order valence-electron chi connectivity index (χ2n) is 4.89. The third-order valence-electron chi connectivity index (χ3n) is 2.13. The van der Waals surface area contributed by atoms with Crippen LogP contribution in [0.5, 0.6) is 0 Å². The second kappa shape index (κ2) is 5.76. The van der Waals surface area contributed by atoms with Crippen molar-refractivity contribution >= 4 is 14.1 Å². The Balaban J connectivity index is 2.24. The molecule has 0 radical (unpaired) electrons. The van der Waals surface area contributed by atoms with Gasteiger partial charge >= 0.3 is 0 Å². The molecule has 1 aromatic rings. The van der Waals surface area contributed by atoms with Crippen LogP contribution in [0.3, 0.4) is 0 Å². The number of ether oxygens (including phenoxy) is 1. The van der Waals surface area contributed by atoms with Crippen LogP contribution in [0.4, 0.5) is 0 Å². The second-order valence-corrected chi connectivity index (χ2v) is 10.5. The molecule has 1 aromatic carbocycles. The highest BCUT2D eigenvalue weighted by molar-refractivity contribution is 6.76. The summed E-state index contributed by atoms with van der Waals surface area (Å²) in [4.78, 5) is 0. The smallest absolute Gasteiger partial charge is 0.0849 e. The fraction of sp³-hybridized carbons (Fsp3) is 0.385. The summed E-state index contributed by atoms with van der Waals surface area (Å²) < 4.78 is 5.47. The van der Waals surface area contributed by atoms with Crippen LogP contribution >= 0.6 is 0 Å². The third kappa shape index (κ3) is 6.13. The Kier molecular flexibility index (Phi) is 4.63. The monoisotopic (exact) mass is 220 g/mol. The molecular formula is C13H20OSi. The van der Waals surface area contributed by atoms with Crippen molar-refractivity contribution in [2.45, 2.75) is 25.7 Å². The molecule has 0 saturated carbocycles. The molecule has 0 aliphatic rings. The van der Waals surface area contributed by atoms with E-state index in [4.69, 9.17) is 4.74 Å². The molecule has 0 unspecified atom stereocenters. The SMILES string of the molecule is C[Si](C)(C)CCOC=Cc1ccccc1. The zero-order valence-corrected chi connectivity index (χ0v) is 10.9. The van der Waals surface area contributed by atoms with E-state index in [1.807, 2.05) is 24.3 Å². The lowest BCUT2D eigenvalue weighted by Crippen LogP contribution is -2.20. The van der Waals surface area contributed by atoms with E-state index >= 15 is 0 Å². The molecule has 0 atom stereocenters. The molecule has 0 aromatic heterocycles. The van der Waals surface area contributed by atoms with Gasteiger partial charge in [-0.25, -0.2) is 0 Å². The zero-order chi connectivity index (χ0) is 11.1. The molecule has 1 nitrogen and oxygen atoms in total. The van der Waals surface area contributed by atoms with Crippen LogP contribution in [0.1, 0.15) is 5.56 Å². The van der Waals surface area contributed by atoms with Crippen molar-refractivity contribution in [3.05, 3.63) is 42.2 Å². The van der Waals surface area contributed by atoms with Gasteiger partial charge in [0, 0.05) is 8.07 Å². The molecule has 15 heavy (non-hydrogen) atoms. The van der Waals surface area contributed by atoms with E-state index < -0.39 is 8.07 Å². The molecule has 0 aliphatic heterocycles. The van der Waals surface area contributed by atoms with E-state index in [-0.39, 0.29) is 0 Å². The van der Waals surface area contributed by atoms with Crippen LogP contribution in [0, 0.1) is 0 Å². The molecule has 0 spiro atoms. The lowest BCUT2D eigenvalue weighted by Gasteiger charge is -2.14. The maximum Gasteiger partial charge on any atom is 0.0849 e. The highest BCUT2D eigenvalue weighted by Crippen LogP contribution is 2.08. The lowest BCUT2D eigenvalue weighted by molar-refractivity contribution is 0.270. The topological polar surface area (TPSA) is 9.23 Å². The van der Waals surface area contributed by atoms with Crippen molar-refractivity contribution in [3.8, 4) is 0 Å². The molecule has 0 N–H and O–H groups in total. The minimum Gasteiger partial charge on any atom is -0.501 e. The Bertz CT molecular complexity index is 298. The van der Waals surface area contributed by atoms with Crippen molar-refractivity contribution in [2.75, 3.05) is 6.61 Å². The Morgan fingerprint density at radius 1 is 1.13 bits per heavy atom. The Morgan fingerprint density at radius 2 is 1.80 bits per heavy atom. The summed E-state index contributed by atoms with van der Waals surface area (Å²) in [5.74, 6) is 0. The van der Waals surface area contributed by atoms with Gasteiger partial charge in [-0.15, -0.1) is 0 Å². The predicted molar refractivity (Wildman–Crippen MR) is 69.6 cm³/mol. The predicted octanol–water partition coefficient (Wildman–Crippen LogP) is 4.01. The molecule has 82 valence electrons. The molecule has 1 rings (SSSR count). The number of rotatable bonds is 5.